The number of nitrogens with one attached hydrogen (secondary N) is 3. The fourth-order valence-corrected chi connectivity index (χ4v) is 3.29. The summed E-state index contributed by atoms with van der Waals surface area (Å²) in [5, 5.41) is 6.84. The molecule has 0 bridgehead atoms. The van der Waals surface area contributed by atoms with E-state index >= 15 is 0 Å². The predicted octanol–water partition coefficient (Wildman–Crippen LogP) is 3.13. The van der Waals surface area contributed by atoms with E-state index in [1.165, 1.54) is 0 Å². The van der Waals surface area contributed by atoms with Crippen LogP contribution in [0.25, 0.3) is 0 Å². The van der Waals surface area contributed by atoms with Gasteiger partial charge in [-0.15, -0.1) is 24.0 Å². The van der Waals surface area contributed by atoms with E-state index in [0.29, 0.717) is 24.1 Å². The molecule has 0 aliphatic heterocycles. The summed E-state index contributed by atoms with van der Waals surface area (Å²) in [5.74, 6) is 0.538. The summed E-state index contributed by atoms with van der Waals surface area (Å²) in [6, 6.07) is 16.9. The molecule has 0 aromatic heterocycles. The number of rotatable bonds is 9. The van der Waals surface area contributed by atoms with Crippen LogP contribution in [-0.2, 0) is 23.1 Å². The maximum Gasteiger partial charge on any atom is 0.213 e. The molecular formula is C19H26ClIN4O2S. The average Bonchev–Trinajstić information content (AvgIpc) is 2.66. The number of guanidine groups is 1. The Kier molecular flexibility index (Phi) is 11.4. The van der Waals surface area contributed by atoms with Gasteiger partial charge in [-0.05, 0) is 30.2 Å². The number of nitrogens with zero attached hydrogens (tertiary/aromatic N) is 1. The van der Waals surface area contributed by atoms with Crippen LogP contribution in [0.4, 0.5) is 0 Å². The molecule has 2 aromatic rings. The third-order valence-electron chi connectivity index (χ3n) is 3.68. The lowest BCUT2D eigenvalue weighted by molar-refractivity contribution is 0.580. The van der Waals surface area contributed by atoms with Crippen LogP contribution in [0.3, 0.4) is 0 Å². The Labute approximate surface area is 189 Å². The van der Waals surface area contributed by atoms with Gasteiger partial charge >= 0.3 is 0 Å². The van der Waals surface area contributed by atoms with E-state index in [4.69, 9.17) is 11.6 Å². The molecule has 2 rings (SSSR count). The third-order valence-corrected chi connectivity index (χ3v) is 5.26. The lowest BCUT2D eigenvalue weighted by atomic mass is 10.2. The highest BCUT2D eigenvalue weighted by Gasteiger charge is 2.10. The maximum atomic E-state index is 12.1. The zero-order chi connectivity index (χ0) is 19.5. The molecular weight excluding hydrogens is 511 g/mol. The molecule has 0 saturated carbocycles. The van der Waals surface area contributed by atoms with Crippen molar-refractivity contribution in [2.24, 2.45) is 4.99 Å². The monoisotopic (exact) mass is 536 g/mol. The van der Waals surface area contributed by atoms with Crippen LogP contribution in [0.1, 0.15) is 18.1 Å². The van der Waals surface area contributed by atoms with Crippen LogP contribution < -0.4 is 15.4 Å². The van der Waals surface area contributed by atoms with Gasteiger partial charge in [-0.1, -0.05) is 54.1 Å². The van der Waals surface area contributed by atoms with E-state index in [-0.39, 0.29) is 42.8 Å². The van der Waals surface area contributed by atoms with Crippen LogP contribution in [0.15, 0.2) is 59.6 Å². The Morgan fingerprint density at radius 1 is 1.00 bits per heavy atom. The summed E-state index contributed by atoms with van der Waals surface area (Å²) in [5.41, 5.74) is 1.95. The van der Waals surface area contributed by atoms with Crippen molar-refractivity contribution in [3.8, 4) is 0 Å². The Bertz CT molecular complexity index is 831. The molecule has 3 N–H and O–H groups in total. The van der Waals surface area contributed by atoms with Gasteiger partial charge in [0.1, 0.15) is 0 Å². The van der Waals surface area contributed by atoms with Gasteiger partial charge in [0.15, 0.2) is 5.96 Å². The molecule has 28 heavy (non-hydrogen) atoms. The van der Waals surface area contributed by atoms with Crippen molar-refractivity contribution in [1.82, 2.24) is 15.4 Å². The average molecular weight is 537 g/mol. The summed E-state index contributed by atoms with van der Waals surface area (Å²) in [6.45, 7) is 3.67. The van der Waals surface area contributed by atoms with E-state index < -0.39 is 10.0 Å². The molecule has 0 fully saturated rings. The summed E-state index contributed by atoms with van der Waals surface area (Å²) >= 11 is 5.88. The third kappa shape index (κ3) is 9.72. The van der Waals surface area contributed by atoms with E-state index in [1.54, 1.807) is 0 Å². The van der Waals surface area contributed by atoms with Gasteiger partial charge in [-0.3, -0.25) is 0 Å². The summed E-state index contributed by atoms with van der Waals surface area (Å²) < 4.78 is 26.9. The molecule has 0 radical (unpaired) electrons. The quantitative estimate of drug-likeness (QED) is 0.261. The Balaban J connectivity index is 0.00000392. The zero-order valence-corrected chi connectivity index (χ0v) is 19.6. The van der Waals surface area contributed by atoms with Gasteiger partial charge in [0, 0.05) is 24.7 Å². The highest BCUT2D eigenvalue weighted by molar-refractivity contribution is 14.0. The van der Waals surface area contributed by atoms with Crippen molar-refractivity contribution in [3.05, 3.63) is 70.7 Å². The second-order valence-corrected chi connectivity index (χ2v) is 8.24. The van der Waals surface area contributed by atoms with Crippen molar-refractivity contribution >= 4 is 51.6 Å². The van der Waals surface area contributed by atoms with Crippen molar-refractivity contribution < 1.29 is 8.42 Å². The number of aliphatic imine (C=N–C) groups is 1. The molecule has 0 aliphatic carbocycles. The Morgan fingerprint density at radius 2 is 1.68 bits per heavy atom. The number of benzene rings is 2. The number of hydrogen-bond acceptors (Lipinski definition) is 3. The second-order valence-electron chi connectivity index (χ2n) is 5.87. The fraction of sp³-hybridized carbons (Fsp3) is 0.316. The van der Waals surface area contributed by atoms with Crippen molar-refractivity contribution in [3.63, 3.8) is 0 Å². The van der Waals surface area contributed by atoms with Crippen molar-refractivity contribution in [2.75, 3.05) is 18.8 Å². The van der Waals surface area contributed by atoms with Crippen molar-refractivity contribution in [1.29, 1.82) is 0 Å². The van der Waals surface area contributed by atoms with Crippen LogP contribution in [-0.4, -0.2) is 33.2 Å². The first-order valence-electron chi connectivity index (χ1n) is 8.76. The minimum absolute atomic E-state index is 0. The summed E-state index contributed by atoms with van der Waals surface area (Å²) in [4.78, 5) is 4.46. The molecule has 154 valence electrons. The standard InChI is InChI=1S/C19H25ClN4O2S.HI/c1-2-21-19(23-14-17-8-10-18(20)11-9-17)22-12-13-27(25,26)24-15-16-6-4-3-5-7-16;/h3-11,24H,2,12-15H2,1H3,(H2,21,22,23);1H. The Morgan fingerprint density at radius 3 is 2.32 bits per heavy atom. The van der Waals surface area contributed by atoms with Gasteiger partial charge in [-0.25, -0.2) is 18.1 Å². The smallest absolute Gasteiger partial charge is 0.213 e. The molecule has 0 spiro atoms. The highest BCUT2D eigenvalue weighted by atomic mass is 127. The van der Waals surface area contributed by atoms with E-state index in [0.717, 1.165) is 11.1 Å². The number of sulfonamides is 1. The van der Waals surface area contributed by atoms with E-state index in [9.17, 15) is 8.42 Å². The van der Waals surface area contributed by atoms with Gasteiger partial charge in [0.2, 0.25) is 10.0 Å². The molecule has 0 heterocycles. The van der Waals surface area contributed by atoms with Gasteiger partial charge in [0.25, 0.3) is 0 Å². The highest BCUT2D eigenvalue weighted by Crippen LogP contribution is 2.10. The molecule has 2 aromatic carbocycles. The molecule has 6 nitrogen and oxygen atoms in total. The summed E-state index contributed by atoms with van der Waals surface area (Å²) in [7, 11) is -3.37. The van der Waals surface area contributed by atoms with Crippen LogP contribution in [0, 0.1) is 0 Å². The van der Waals surface area contributed by atoms with Crippen LogP contribution in [0.5, 0.6) is 0 Å². The lowest BCUT2D eigenvalue weighted by Crippen LogP contribution is -2.41. The Hall–Kier alpha value is -1.36. The number of halogens is 2. The molecule has 0 saturated heterocycles. The largest absolute Gasteiger partial charge is 0.357 e. The normalized spacial score (nSPS) is 11.6. The van der Waals surface area contributed by atoms with Crippen molar-refractivity contribution in [2.45, 2.75) is 20.0 Å². The first-order chi connectivity index (χ1) is 13.0. The number of hydrogen-bond donors (Lipinski definition) is 3. The first-order valence-corrected chi connectivity index (χ1v) is 10.8. The minimum Gasteiger partial charge on any atom is -0.357 e. The first kappa shape index (κ1) is 24.7. The van der Waals surface area contributed by atoms with Gasteiger partial charge in [-0.2, -0.15) is 0 Å². The molecule has 0 atom stereocenters. The molecule has 9 heteroatoms. The SMILES string of the molecule is CCNC(=NCc1ccc(Cl)cc1)NCCS(=O)(=O)NCc1ccccc1.I. The second kappa shape index (κ2) is 13.0. The van der Waals surface area contributed by atoms with Crippen LogP contribution in [0.2, 0.25) is 5.02 Å². The topological polar surface area (TPSA) is 82.6 Å². The van der Waals surface area contributed by atoms with E-state index in [1.807, 2.05) is 61.5 Å². The van der Waals surface area contributed by atoms with Gasteiger partial charge < -0.3 is 10.6 Å². The maximum absolute atomic E-state index is 12.1. The fourth-order valence-electron chi connectivity index (χ4n) is 2.27. The minimum atomic E-state index is -3.37. The van der Waals surface area contributed by atoms with E-state index in [2.05, 4.69) is 20.3 Å². The summed E-state index contributed by atoms with van der Waals surface area (Å²) in [6.07, 6.45) is 0. The predicted molar refractivity (Wildman–Crippen MR) is 127 cm³/mol. The molecule has 0 aliphatic rings. The van der Waals surface area contributed by atoms with Gasteiger partial charge in [0.05, 0.1) is 12.3 Å². The molecule has 0 unspecified atom stereocenters. The lowest BCUT2D eigenvalue weighted by Gasteiger charge is -2.12. The zero-order valence-electron chi connectivity index (χ0n) is 15.7. The van der Waals surface area contributed by atoms with Crippen LogP contribution >= 0.6 is 35.6 Å². The molecule has 0 amide bonds.